The van der Waals surface area contributed by atoms with E-state index in [2.05, 4.69) is 10.6 Å². The molecule has 0 unspecified atom stereocenters. The lowest BCUT2D eigenvalue weighted by Crippen LogP contribution is -2.42. The maximum absolute atomic E-state index is 14.5. The van der Waals surface area contributed by atoms with Crippen LogP contribution in [0.25, 0.3) is 0 Å². The molecule has 2 aromatic rings. The average Bonchev–Trinajstić information content (AvgIpc) is 2.91. The second kappa shape index (κ2) is 6.68. The van der Waals surface area contributed by atoms with Crippen LogP contribution in [0.2, 0.25) is 0 Å². The zero-order valence-electron chi connectivity index (χ0n) is 15.2. The first-order chi connectivity index (χ1) is 13.0. The second-order valence-corrected chi connectivity index (χ2v) is 7.43. The van der Waals surface area contributed by atoms with Crippen molar-refractivity contribution in [2.45, 2.75) is 31.6 Å². The number of carbonyl (C=O) groups is 2. The zero-order valence-corrected chi connectivity index (χ0v) is 15.2. The Kier molecular flexibility index (Phi) is 4.34. The number of anilines is 3. The van der Waals surface area contributed by atoms with E-state index in [-0.39, 0.29) is 29.6 Å². The maximum Gasteiger partial charge on any atom is 0.243 e. The molecule has 0 atom stereocenters. The van der Waals surface area contributed by atoms with Gasteiger partial charge in [0.1, 0.15) is 5.82 Å². The van der Waals surface area contributed by atoms with E-state index in [0.717, 1.165) is 30.5 Å². The van der Waals surface area contributed by atoms with Crippen LogP contribution in [-0.2, 0) is 15.0 Å². The van der Waals surface area contributed by atoms with E-state index in [1.165, 1.54) is 13.0 Å². The molecule has 140 valence electrons. The van der Waals surface area contributed by atoms with Crippen LogP contribution < -0.4 is 15.5 Å². The summed E-state index contributed by atoms with van der Waals surface area (Å²) >= 11 is 0. The summed E-state index contributed by atoms with van der Waals surface area (Å²) in [5.74, 6) is -0.500. The highest BCUT2D eigenvalue weighted by atomic mass is 19.1. The van der Waals surface area contributed by atoms with Gasteiger partial charge >= 0.3 is 0 Å². The Labute approximate surface area is 157 Å². The van der Waals surface area contributed by atoms with Gasteiger partial charge in [0, 0.05) is 41.5 Å². The Bertz CT molecular complexity index is 908. The Morgan fingerprint density at radius 3 is 2.48 bits per heavy atom. The molecular formula is C21H22FN3O2. The van der Waals surface area contributed by atoms with Crippen LogP contribution in [-0.4, -0.2) is 24.9 Å². The minimum Gasteiger partial charge on any atom is -0.361 e. The predicted molar refractivity (Wildman–Crippen MR) is 104 cm³/mol. The average molecular weight is 367 g/mol. The van der Waals surface area contributed by atoms with E-state index in [1.54, 1.807) is 30.3 Å². The van der Waals surface area contributed by atoms with Gasteiger partial charge in [-0.3, -0.25) is 9.59 Å². The van der Waals surface area contributed by atoms with Crippen molar-refractivity contribution in [1.29, 1.82) is 0 Å². The minimum atomic E-state index is -0.168. The molecule has 1 aliphatic carbocycles. The third-order valence-corrected chi connectivity index (χ3v) is 5.47. The van der Waals surface area contributed by atoms with Crippen LogP contribution in [0.1, 0.15) is 31.7 Å². The number of nitrogens with zero attached hydrogens (tertiary/aromatic N) is 1. The summed E-state index contributed by atoms with van der Waals surface area (Å²) in [4.78, 5) is 25.7. The summed E-state index contributed by atoms with van der Waals surface area (Å²) in [5.41, 5.74) is 2.71. The second-order valence-electron chi connectivity index (χ2n) is 7.43. The molecule has 6 heteroatoms. The first-order valence-corrected chi connectivity index (χ1v) is 9.18. The molecule has 0 bridgehead atoms. The third kappa shape index (κ3) is 3.27. The van der Waals surface area contributed by atoms with E-state index in [4.69, 9.17) is 0 Å². The van der Waals surface area contributed by atoms with Gasteiger partial charge in [0.15, 0.2) is 0 Å². The molecule has 1 heterocycles. The number of amides is 2. The van der Waals surface area contributed by atoms with E-state index >= 15 is 0 Å². The fourth-order valence-electron chi connectivity index (χ4n) is 4.24. The third-order valence-electron chi connectivity index (χ3n) is 5.47. The fourth-order valence-corrected chi connectivity index (χ4v) is 4.24. The van der Waals surface area contributed by atoms with Crippen molar-refractivity contribution < 1.29 is 14.0 Å². The van der Waals surface area contributed by atoms with Gasteiger partial charge in [-0.1, -0.05) is 18.6 Å². The maximum atomic E-state index is 14.5. The van der Waals surface area contributed by atoms with Crippen molar-refractivity contribution in [1.82, 2.24) is 0 Å². The highest BCUT2D eigenvalue weighted by molar-refractivity contribution is 5.96. The lowest BCUT2D eigenvalue weighted by atomic mass is 9.65. The van der Waals surface area contributed by atoms with Crippen molar-refractivity contribution in [2.75, 3.05) is 28.6 Å². The number of carbonyl (C=O) groups excluding carboxylic acids is 2. The summed E-state index contributed by atoms with van der Waals surface area (Å²) < 4.78 is 14.5. The molecule has 27 heavy (non-hydrogen) atoms. The quantitative estimate of drug-likeness (QED) is 0.867. The van der Waals surface area contributed by atoms with E-state index in [1.807, 2.05) is 11.0 Å². The van der Waals surface area contributed by atoms with Gasteiger partial charge < -0.3 is 15.5 Å². The van der Waals surface area contributed by atoms with Gasteiger partial charge in [0.2, 0.25) is 11.8 Å². The number of hydrogen-bond acceptors (Lipinski definition) is 3. The standard InChI is InChI=1S/C21H22FN3O2/c1-14(26)23-15-5-2-6-16(11-15)24-19(27)12-25-13-21(9-4-10-21)20-17(22)7-3-8-18(20)25/h2-3,5-8,11H,4,9-10,12-13H2,1H3,(H,23,26)(H,24,27). The topological polar surface area (TPSA) is 61.4 Å². The van der Waals surface area contributed by atoms with E-state index in [0.29, 0.717) is 17.9 Å². The van der Waals surface area contributed by atoms with Crippen molar-refractivity contribution in [3.63, 3.8) is 0 Å². The molecule has 4 rings (SSSR count). The van der Waals surface area contributed by atoms with E-state index < -0.39 is 0 Å². The summed E-state index contributed by atoms with van der Waals surface area (Å²) in [6, 6.07) is 12.1. The summed E-state index contributed by atoms with van der Waals surface area (Å²) in [7, 11) is 0. The Hall–Kier alpha value is -2.89. The molecule has 2 N–H and O–H groups in total. The first-order valence-electron chi connectivity index (χ1n) is 9.18. The number of hydrogen-bond donors (Lipinski definition) is 2. The van der Waals surface area contributed by atoms with Gasteiger partial charge in [0.05, 0.1) is 6.54 Å². The Morgan fingerprint density at radius 1 is 1.11 bits per heavy atom. The SMILES string of the molecule is CC(=O)Nc1cccc(NC(=O)CN2CC3(CCC3)c3c(F)cccc32)c1. The normalized spacial score (nSPS) is 16.6. The van der Waals surface area contributed by atoms with Crippen LogP contribution in [0.3, 0.4) is 0 Å². The van der Waals surface area contributed by atoms with Crippen molar-refractivity contribution in [2.24, 2.45) is 0 Å². The molecule has 5 nitrogen and oxygen atoms in total. The number of rotatable bonds is 4. The fraction of sp³-hybridized carbons (Fsp3) is 0.333. The van der Waals surface area contributed by atoms with Gasteiger partial charge in [0.25, 0.3) is 0 Å². The number of halogens is 1. The van der Waals surface area contributed by atoms with Gasteiger partial charge in [-0.15, -0.1) is 0 Å². The van der Waals surface area contributed by atoms with Crippen molar-refractivity contribution in [3.8, 4) is 0 Å². The molecule has 2 aromatic carbocycles. The monoisotopic (exact) mass is 367 g/mol. The molecule has 0 radical (unpaired) electrons. The van der Waals surface area contributed by atoms with Crippen LogP contribution in [0, 0.1) is 5.82 Å². The largest absolute Gasteiger partial charge is 0.361 e. The Morgan fingerprint density at radius 2 is 1.81 bits per heavy atom. The van der Waals surface area contributed by atoms with Crippen LogP contribution in [0.15, 0.2) is 42.5 Å². The summed E-state index contributed by atoms with van der Waals surface area (Å²) in [5, 5.41) is 5.56. The van der Waals surface area contributed by atoms with Gasteiger partial charge in [-0.2, -0.15) is 0 Å². The van der Waals surface area contributed by atoms with Gasteiger partial charge in [-0.05, 0) is 43.2 Å². The summed E-state index contributed by atoms with van der Waals surface area (Å²) in [6.45, 7) is 2.29. The molecule has 1 saturated carbocycles. The minimum absolute atomic E-state index is 0.133. The van der Waals surface area contributed by atoms with Gasteiger partial charge in [-0.25, -0.2) is 4.39 Å². The van der Waals surface area contributed by atoms with Crippen LogP contribution in [0.5, 0.6) is 0 Å². The smallest absolute Gasteiger partial charge is 0.243 e. The van der Waals surface area contributed by atoms with Crippen LogP contribution >= 0.6 is 0 Å². The molecular weight excluding hydrogens is 345 g/mol. The predicted octanol–water partition coefficient (Wildman–Crippen LogP) is 3.66. The van der Waals surface area contributed by atoms with Crippen LogP contribution in [0.4, 0.5) is 21.5 Å². The van der Waals surface area contributed by atoms with Crippen molar-refractivity contribution in [3.05, 3.63) is 53.8 Å². The molecule has 1 fully saturated rings. The van der Waals surface area contributed by atoms with Crippen molar-refractivity contribution >= 4 is 28.9 Å². The summed E-state index contributed by atoms with van der Waals surface area (Å²) in [6.07, 6.45) is 3.04. The number of fused-ring (bicyclic) bond motifs is 2. The van der Waals surface area contributed by atoms with E-state index in [9.17, 15) is 14.0 Å². The molecule has 1 spiro atoms. The lowest BCUT2D eigenvalue weighted by Gasteiger charge is -2.39. The number of benzene rings is 2. The molecule has 1 aliphatic heterocycles. The zero-order chi connectivity index (χ0) is 19.0. The number of nitrogens with one attached hydrogen (secondary N) is 2. The lowest BCUT2D eigenvalue weighted by molar-refractivity contribution is -0.115. The first kappa shape index (κ1) is 17.5. The molecule has 2 aliphatic rings. The molecule has 0 aromatic heterocycles. The highest BCUT2D eigenvalue weighted by Crippen LogP contribution is 2.53. The molecule has 2 amide bonds. The molecule has 0 saturated heterocycles. The Balaban J connectivity index is 1.48. The highest BCUT2D eigenvalue weighted by Gasteiger charge is 2.48.